The fourth-order valence-electron chi connectivity index (χ4n) is 3.06. The van der Waals surface area contributed by atoms with Gasteiger partial charge in [0.05, 0.1) is 0 Å². The Labute approximate surface area is 157 Å². The number of piperidine rings is 1. The predicted octanol–water partition coefficient (Wildman–Crippen LogP) is 4.88. The van der Waals surface area contributed by atoms with Crippen molar-refractivity contribution in [3.8, 4) is 5.75 Å². The Morgan fingerprint density at radius 1 is 1.21 bits per heavy atom. The van der Waals surface area contributed by atoms with Crippen molar-refractivity contribution in [1.82, 2.24) is 4.90 Å². The minimum absolute atomic E-state index is 0.137. The van der Waals surface area contributed by atoms with E-state index in [9.17, 15) is 4.79 Å². The third-order valence-corrected chi connectivity index (χ3v) is 5.18. The summed E-state index contributed by atoms with van der Waals surface area (Å²) in [7, 11) is 0. The number of benzene rings is 2. The van der Waals surface area contributed by atoms with E-state index in [1.54, 1.807) is 0 Å². The smallest absolute Gasteiger partial charge is 0.254 e. The first-order valence-corrected chi connectivity index (χ1v) is 9.49. The molecule has 1 aliphatic rings. The van der Waals surface area contributed by atoms with E-state index in [-0.39, 0.29) is 5.91 Å². The molecule has 1 fully saturated rings. The summed E-state index contributed by atoms with van der Waals surface area (Å²) in [6, 6.07) is 16.1. The molecule has 0 unspecified atom stereocenters. The van der Waals surface area contributed by atoms with Gasteiger partial charge in [-0.1, -0.05) is 12.1 Å². The van der Waals surface area contributed by atoms with Gasteiger partial charge in [-0.3, -0.25) is 4.79 Å². The number of hydrogen-bond acceptors (Lipinski definition) is 2. The molecule has 1 atom stereocenters. The summed E-state index contributed by atoms with van der Waals surface area (Å²) in [6.07, 6.45) is 3.42. The van der Waals surface area contributed by atoms with E-state index in [0.29, 0.717) is 12.6 Å². The molecule has 0 aromatic heterocycles. The van der Waals surface area contributed by atoms with E-state index >= 15 is 0 Å². The summed E-state index contributed by atoms with van der Waals surface area (Å²) in [5.41, 5.74) is 1.77. The molecule has 2 aromatic carbocycles. The summed E-state index contributed by atoms with van der Waals surface area (Å²) in [6.45, 7) is 3.47. The van der Waals surface area contributed by atoms with Gasteiger partial charge in [0, 0.05) is 21.7 Å². The monoisotopic (exact) mass is 435 g/mol. The van der Waals surface area contributed by atoms with Gasteiger partial charge >= 0.3 is 0 Å². The number of carbonyl (C=O) groups is 1. The highest BCUT2D eigenvalue weighted by Crippen LogP contribution is 2.20. The Morgan fingerprint density at radius 3 is 2.75 bits per heavy atom. The van der Waals surface area contributed by atoms with Crippen LogP contribution in [0.5, 0.6) is 5.75 Å². The van der Waals surface area contributed by atoms with Crippen molar-refractivity contribution in [2.75, 3.05) is 6.54 Å². The van der Waals surface area contributed by atoms with Crippen LogP contribution in [0.4, 0.5) is 0 Å². The van der Waals surface area contributed by atoms with Gasteiger partial charge < -0.3 is 9.64 Å². The number of ether oxygens (including phenoxy) is 1. The number of likely N-dealkylation sites (tertiary alicyclic amines) is 1. The molecule has 4 heteroatoms. The molecule has 3 nitrogen and oxygen atoms in total. The molecule has 0 spiro atoms. The Morgan fingerprint density at radius 2 is 2.00 bits per heavy atom. The lowest BCUT2D eigenvalue weighted by atomic mass is 10.0. The van der Waals surface area contributed by atoms with Gasteiger partial charge in [-0.15, -0.1) is 0 Å². The lowest BCUT2D eigenvalue weighted by Gasteiger charge is -2.33. The maximum absolute atomic E-state index is 12.8. The van der Waals surface area contributed by atoms with Crippen LogP contribution in [0.1, 0.15) is 42.1 Å². The Balaban J connectivity index is 1.67. The van der Waals surface area contributed by atoms with Crippen LogP contribution in [0.25, 0.3) is 0 Å². The third-order valence-electron chi connectivity index (χ3n) is 4.46. The molecule has 126 valence electrons. The SMILES string of the molecule is C[C@@H]1CCCCN1C(=O)c1cccc(COc2ccc(I)cc2)c1. The second-order valence-corrected chi connectivity index (χ2v) is 7.53. The quantitative estimate of drug-likeness (QED) is 0.641. The normalized spacial score (nSPS) is 17.6. The maximum Gasteiger partial charge on any atom is 0.254 e. The fraction of sp³-hybridized carbons (Fsp3) is 0.350. The van der Waals surface area contributed by atoms with Gasteiger partial charge in [0.2, 0.25) is 0 Å². The van der Waals surface area contributed by atoms with Crippen LogP contribution in [0.15, 0.2) is 48.5 Å². The molecular weight excluding hydrogens is 413 g/mol. The number of rotatable bonds is 4. The van der Waals surface area contributed by atoms with E-state index in [1.807, 2.05) is 53.4 Å². The second-order valence-electron chi connectivity index (χ2n) is 6.29. The standard InChI is InChI=1S/C20H22INO2/c1-15-5-2-3-12-22(15)20(23)17-7-4-6-16(13-17)14-24-19-10-8-18(21)9-11-19/h4,6-11,13,15H,2-3,5,12,14H2,1H3/t15-/m1/s1. The molecule has 1 amide bonds. The number of hydrogen-bond donors (Lipinski definition) is 0. The van der Waals surface area contributed by atoms with Gasteiger partial charge in [-0.05, 0) is 90.7 Å². The van der Waals surface area contributed by atoms with E-state index < -0.39 is 0 Å². The van der Waals surface area contributed by atoms with Crippen LogP contribution in [-0.2, 0) is 6.61 Å². The van der Waals surface area contributed by atoms with Crippen LogP contribution in [0.2, 0.25) is 0 Å². The van der Waals surface area contributed by atoms with Crippen molar-refractivity contribution >= 4 is 28.5 Å². The summed E-state index contributed by atoms with van der Waals surface area (Å²) in [5, 5.41) is 0. The van der Waals surface area contributed by atoms with Crippen LogP contribution in [0, 0.1) is 3.57 Å². The van der Waals surface area contributed by atoms with Crippen molar-refractivity contribution < 1.29 is 9.53 Å². The summed E-state index contributed by atoms with van der Waals surface area (Å²) >= 11 is 2.27. The van der Waals surface area contributed by atoms with E-state index in [4.69, 9.17) is 4.74 Å². The summed E-state index contributed by atoms with van der Waals surface area (Å²) in [4.78, 5) is 14.8. The van der Waals surface area contributed by atoms with E-state index in [1.165, 1.54) is 9.99 Å². The molecule has 24 heavy (non-hydrogen) atoms. The Bertz CT molecular complexity index is 699. The first-order chi connectivity index (χ1) is 11.6. The van der Waals surface area contributed by atoms with E-state index in [2.05, 4.69) is 29.5 Å². The molecule has 1 aliphatic heterocycles. The number of amides is 1. The topological polar surface area (TPSA) is 29.5 Å². The molecule has 0 bridgehead atoms. The average Bonchev–Trinajstić information content (AvgIpc) is 2.61. The van der Waals surface area contributed by atoms with Crippen molar-refractivity contribution in [3.63, 3.8) is 0 Å². The average molecular weight is 435 g/mol. The maximum atomic E-state index is 12.8. The van der Waals surface area contributed by atoms with E-state index in [0.717, 1.165) is 36.3 Å². The van der Waals surface area contributed by atoms with Crippen molar-refractivity contribution in [2.24, 2.45) is 0 Å². The molecule has 1 saturated heterocycles. The summed E-state index contributed by atoms with van der Waals surface area (Å²) < 4.78 is 7.00. The molecule has 0 aliphatic carbocycles. The van der Waals surface area contributed by atoms with Crippen molar-refractivity contribution in [1.29, 1.82) is 0 Å². The van der Waals surface area contributed by atoms with Crippen LogP contribution in [0.3, 0.4) is 0 Å². The van der Waals surface area contributed by atoms with Crippen LogP contribution in [-0.4, -0.2) is 23.4 Å². The Kier molecular flexibility index (Phi) is 5.76. The molecule has 1 heterocycles. The highest BCUT2D eigenvalue weighted by Gasteiger charge is 2.24. The van der Waals surface area contributed by atoms with Gasteiger partial charge in [-0.25, -0.2) is 0 Å². The molecular formula is C20H22INO2. The zero-order chi connectivity index (χ0) is 16.9. The zero-order valence-electron chi connectivity index (χ0n) is 13.9. The highest BCUT2D eigenvalue weighted by atomic mass is 127. The fourth-order valence-corrected chi connectivity index (χ4v) is 3.42. The number of nitrogens with zero attached hydrogens (tertiary/aromatic N) is 1. The molecule has 0 saturated carbocycles. The van der Waals surface area contributed by atoms with Gasteiger partial charge in [-0.2, -0.15) is 0 Å². The second kappa shape index (κ2) is 8.01. The molecule has 3 rings (SSSR count). The predicted molar refractivity (Wildman–Crippen MR) is 104 cm³/mol. The molecule has 0 radical (unpaired) electrons. The third kappa shape index (κ3) is 4.29. The van der Waals surface area contributed by atoms with Crippen LogP contribution >= 0.6 is 22.6 Å². The summed E-state index contributed by atoms with van der Waals surface area (Å²) in [5.74, 6) is 0.982. The van der Waals surface area contributed by atoms with Gasteiger partial charge in [0.25, 0.3) is 5.91 Å². The highest BCUT2D eigenvalue weighted by molar-refractivity contribution is 14.1. The lowest BCUT2D eigenvalue weighted by Crippen LogP contribution is -2.42. The van der Waals surface area contributed by atoms with Crippen molar-refractivity contribution in [2.45, 2.75) is 38.8 Å². The number of carbonyl (C=O) groups excluding carboxylic acids is 1. The first-order valence-electron chi connectivity index (χ1n) is 8.42. The molecule has 0 N–H and O–H groups in total. The first kappa shape index (κ1) is 17.3. The van der Waals surface area contributed by atoms with Gasteiger partial charge in [0.15, 0.2) is 0 Å². The largest absolute Gasteiger partial charge is 0.489 e. The lowest BCUT2D eigenvalue weighted by molar-refractivity contribution is 0.0635. The zero-order valence-corrected chi connectivity index (χ0v) is 16.0. The minimum Gasteiger partial charge on any atom is -0.489 e. The van der Waals surface area contributed by atoms with Crippen LogP contribution < -0.4 is 4.74 Å². The Hall–Kier alpha value is -1.56. The van der Waals surface area contributed by atoms with Gasteiger partial charge in [0.1, 0.15) is 12.4 Å². The minimum atomic E-state index is 0.137. The van der Waals surface area contributed by atoms with Crippen molar-refractivity contribution in [3.05, 3.63) is 63.2 Å². The molecule has 2 aromatic rings. The number of halogens is 1.